The molecule has 0 bridgehead atoms. The Morgan fingerprint density at radius 1 is 1.29 bits per heavy atom. The number of rotatable bonds is 7. The van der Waals surface area contributed by atoms with Gasteiger partial charge < -0.3 is 16.6 Å². The van der Waals surface area contributed by atoms with Gasteiger partial charge in [-0.2, -0.15) is 5.10 Å². The van der Waals surface area contributed by atoms with E-state index in [0.717, 1.165) is 36.2 Å². The Labute approximate surface area is 140 Å². The number of aryl methyl sites for hydroxylation is 3. The summed E-state index contributed by atoms with van der Waals surface area (Å²) in [5.41, 5.74) is 15.3. The van der Waals surface area contributed by atoms with Crippen LogP contribution in [0.4, 0.5) is 0 Å². The van der Waals surface area contributed by atoms with Crippen LogP contribution in [-0.2, 0) is 25.9 Å². The minimum Gasteiger partial charge on any atom is -0.477 e. The molecule has 7 nitrogen and oxygen atoms in total. The second kappa shape index (κ2) is 7.11. The van der Waals surface area contributed by atoms with Gasteiger partial charge in [0.05, 0.1) is 5.69 Å². The quantitative estimate of drug-likeness (QED) is 0.634. The Balaban J connectivity index is 2.00. The smallest absolute Gasteiger partial charge is 0.354 e. The van der Waals surface area contributed by atoms with E-state index in [1.807, 2.05) is 12.3 Å². The lowest BCUT2D eigenvalue weighted by atomic mass is 9.90. The van der Waals surface area contributed by atoms with Crippen molar-refractivity contribution in [1.29, 1.82) is 0 Å². The highest BCUT2D eigenvalue weighted by atomic mass is 16.4. The van der Waals surface area contributed by atoms with Gasteiger partial charge in [0.1, 0.15) is 12.2 Å². The highest BCUT2D eigenvalue weighted by Crippen LogP contribution is 2.33. The van der Waals surface area contributed by atoms with Gasteiger partial charge in [-0.3, -0.25) is 4.68 Å². The van der Waals surface area contributed by atoms with Crippen molar-refractivity contribution in [3.8, 4) is 11.3 Å². The summed E-state index contributed by atoms with van der Waals surface area (Å²) in [7, 11) is 0. The van der Waals surface area contributed by atoms with E-state index in [2.05, 4.69) is 15.9 Å². The van der Waals surface area contributed by atoms with Gasteiger partial charge in [0.2, 0.25) is 0 Å². The van der Waals surface area contributed by atoms with Gasteiger partial charge in [0.25, 0.3) is 0 Å². The van der Waals surface area contributed by atoms with Crippen LogP contribution in [0.3, 0.4) is 0 Å². The molecule has 0 saturated carbocycles. The fourth-order valence-electron chi connectivity index (χ4n) is 3.29. The average Bonchev–Trinajstić information content (AvgIpc) is 2.96. The number of carboxylic acids is 1. The van der Waals surface area contributed by atoms with Crippen LogP contribution in [0.5, 0.6) is 0 Å². The first-order valence-electron chi connectivity index (χ1n) is 8.41. The number of nitrogens with zero attached hydrogens (tertiary/aromatic N) is 3. The zero-order valence-corrected chi connectivity index (χ0v) is 13.7. The van der Waals surface area contributed by atoms with Crippen LogP contribution in [0.15, 0.2) is 18.5 Å². The Bertz CT molecular complexity index is 754. The minimum absolute atomic E-state index is 0.309. The van der Waals surface area contributed by atoms with Crippen molar-refractivity contribution in [3.63, 3.8) is 0 Å². The van der Waals surface area contributed by atoms with E-state index in [1.54, 1.807) is 4.68 Å². The number of pyridine rings is 1. The van der Waals surface area contributed by atoms with Crippen molar-refractivity contribution in [1.82, 2.24) is 9.78 Å². The molecule has 0 radical (unpaired) electrons. The predicted molar refractivity (Wildman–Crippen MR) is 89.6 cm³/mol. The molecular formula is C17H24N5O2+. The number of hydrogen-bond acceptors (Lipinski definition) is 4. The molecule has 0 fully saturated rings. The van der Waals surface area contributed by atoms with Crippen LogP contribution >= 0.6 is 0 Å². The summed E-state index contributed by atoms with van der Waals surface area (Å²) in [6.07, 6.45) is 7.32. The van der Waals surface area contributed by atoms with Crippen LogP contribution in [0.2, 0.25) is 0 Å². The lowest BCUT2D eigenvalue weighted by Gasteiger charge is -2.14. The van der Waals surface area contributed by atoms with Crippen molar-refractivity contribution < 1.29 is 14.5 Å². The maximum absolute atomic E-state index is 11.7. The summed E-state index contributed by atoms with van der Waals surface area (Å²) in [6.45, 7) is 2.61. The average molecular weight is 330 g/mol. The van der Waals surface area contributed by atoms with E-state index >= 15 is 0 Å². The van der Waals surface area contributed by atoms with Gasteiger partial charge in [0, 0.05) is 35.7 Å². The van der Waals surface area contributed by atoms with Crippen molar-refractivity contribution in [2.75, 3.05) is 13.1 Å². The summed E-state index contributed by atoms with van der Waals surface area (Å²) in [4.78, 5) is 11.7. The Hall–Kier alpha value is -2.25. The van der Waals surface area contributed by atoms with Crippen LogP contribution in [-0.4, -0.2) is 33.9 Å². The first-order chi connectivity index (χ1) is 11.7. The molecule has 3 rings (SSSR count). The molecule has 0 spiro atoms. The fourth-order valence-corrected chi connectivity index (χ4v) is 3.29. The van der Waals surface area contributed by atoms with Crippen LogP contribution in [0, 0.1) is 0 Å². The molecule has 2 aromatic heterocycles. The third kappa shape index (κ3) is 3.05. The van der Waals surface area contributed by atoms with Crippen molar-refractivity contribution >= 4 is 5.97 Å². The Morgan fingerprint density at radius 3 is 2.79 bits per heavy atom. The first-order valence-corrected chi connectivity index (χ1v) is 8.41. The number of carbonyl (C=O) groups is 1. The highest BCUT2D eigenvalue weighted by Gasteiger charge is 2.29. The van der Waals surface area contributed by atoms with Gasteiger partial charge in [-0.25, -0.2) is 9.36 Å². The third-order valence-corrected chi connectivity index (χ3v) is 4.45. The number of aromatic carboxylic acids is 1. The van der Waals surface area contributed by atoms with Crippen LogP contribution in [0.1, 0.15) is 34.5 Å². The molecule has 24 heavy (non-hydrogen) atoms. The summed E-state index contributed by atoms with van der Waals surface area (Å²) < 4.78 is 3.74. The van der Waals surface area contributed by atoms with E-state index in [-0.39, 0.29) is 0 Å². The molecule has 5 N–H and O–H groups in total. The molecule has 2 heterocycles. The lowest BCUT2D eigenvalue weighted by Crippen LogP contribution is -2.35. The molecule has 128 valence electrons. The molecule has 0 unspecified atom stereocenters. The molecule has 0 aromatic carbocycles. The van der Waals surface area contributed by atoms with Gasteiger partial charge >= 0.3 is 5.97 Å². The monoisotopic (exact) mass is 330 g/mol. The summed E-state index contributed by atoms with van der Waals surface area (Å²) in [5, 5.41) is 14.2. The van der Waals surface area contributed by atoms with Crippen molar-refractivity contribution in [2.24, 2.45) is 11.5 Å². The molecule has 1 aliphatic carbocycles. The third-order valence-electron chi connectivity index (χ3n) is 4.45. The number of hydrogen-bond donors (Lipinski definition) is 3. The van der Waals surface area contributed by atoms with Crippen LogP contribution < -0.4 is 16.0 Å². The molecule has 0 saturated heterocycles. The normalized spacial score (nSPS) is 12.8. The van der Waals surface area contributed by atoms with E-state index < -0.39 is 5.97 Å². The van der Waals surface area contributed by atoms with Crippen molar-refractivity contribution in [3.05, 3.63) is 35.3 Å². The molecule has 0 aliphatic heterocycles. The summed E-state index contributed by atoms with van der Waals surface area (Å²) >= 11 is 0. The van der Waals surface area contributed by atoms with Gasteiger partial charge in [0.15, 0.2) is 12.4 Å². The zero-order valence-electron chi connectivity index (χ0n) is 13.7. The van der Waals surface area contributed by atoms with Crippen molar-refractivity contribution in [2.45, 2.75) is 38.8 Å². The van der Waals surface area contributed by atoms with Crippen LogP contribution in [0.25, 0.3) is 11.3 Å². The SMILES string of the molecule is NCCCn1nc2c(c1C(=O)O)CCc1c[n+](CCCN)ccc1-2. The predicted octanol–water partition coefficient (Wildman–Crippen LogP) is 0.332. The van der Waals surface area contributed by atoms with E-state index in [0.29, 0.717) is 38.2 Å². The second-order valence-electron chi connectivity index (χ2n) is 6.11. The molecule has 0 atom stereocenters. The minimum atomic E-state index is -0.918. The topological polar surface area (TPSA) is 111 Å². The van der Waals surface area contributed by atoms with E-state index in [4.69, 9.17) is 11.5 Å². The van der Waals surface area contributed by atoms with Gasteiger partial charge in [-0.05, 0) is 32.4 Å². The molecule has 1 aliphatic rings. The second-order valence-corrected chi connectivity index (χ2v) is 6.11. The molecule has 0 amide bonds. The van der Waals surface area contributed by atoms with E-state index in [1.165, 1.54) is 5.56 Å². The standard InChI is InChI=1S/C17H23N5O2/c18-6-1-8-21-10-5-13-12(11-21)3-4-14-15(13)20-22(9-2-7-19)16(14)17(23)24/h5,10-11H,1-4,6-9,18-19H2/p+1. The zero-order chi connectivity index (χ0) is 17.1. The summed E-state index contributed by atoms with van der Waals surface area (Å²) in [5.74, 6) is -0.918. The Morgan fingerprint density at radius 2 is 2.08 bits per heavy atom. The van der Waals surface area contributed by atoms with Gasteiger partial charge in [-0.1, -0.05) is 0 Å². The molecular weight excluding hydrogens is 306 g/mol. The fraction of sp³-hybridized carbons (Fsp3) is 0.471. The van der Waals surface area contributed by atoms with Gasteiger partial charge in [-0.15, -0.1) is 0 Å². The maximum atomic E-state index is 11.7. The number of nitrogens with two attached hydrogens (primary N) is 2. The number of carboxylic acid groups (broad SMARTS) is 1. The highest BCUT2D eigenvalue weighted by molar-refractivity contribution is 5.90. The summed E-state index contributed by atoms with van der Waals surface area (Å²) in [6, 6.07) is 2.04. The maximum Gasteiger partial charge on any atom is 0.354 e. The first kappa shape index (κ1) is 16.6. The number of fused-ring (bicyclic) bond motifs is 3. The van der Waals surface area contributed by atoms with E-state index in [9.17, 15) is 9.90 Å². The Kier molecular flexibility index (Phi) is 4.92. The molecule has 7 heteroatoms. The number of aromatic nitrogens is 3. The molecule has 2 aromatic rings. The lowest BCUT2D eigenvalue weighted by molar-refractivity contribution is -0.697. The largest absolute Gasteiger partial charge is 0.477 e.